The van der Waals surface area contributed by atoms with Crippen LogP contribution in [0.2, 0.25) is 0 Å². The van der Waals surface area contributed by atoms with Crippen LogP contribution in [0.15, 0.2) is 12.7 Å². The molecule has 0 atom stereocenters. The minimum atomic E-state index is -0.351. The second-order valence-corrected chi connectivity index (χ2v) is 3.17. The fourth-order valence-corrected chi connectivity index (χ4v) is 0.481. The Morgan fingerprint density at radius 2 is 1.93 bits per heavy atom. The molecule has 0 rings (SSSR count). The first kappa shape index (κ1) is 20.3. The maximum Gasteiger partial charge on any atom is 0.330 e. The lowest BCUT2D eigenvalue weighted by Gasteiger charge is -1.99. The van der Waals surface area contributed by atoms with Crippen molar-refractivity contribution in [3.8, 4) is 0 Å². The molecule has 0 aromatic rings. The van der Waals surface area contributed by atoms with Crippen LogP contribution in [0, 0.1) is 0 Å². The molecule has 0 unspecified atom stereocenters. The minimum absolute atomic E-state index is 0. The molecule has 0 saturated carbocycles. The Morgan fingerprint density at radius 1 is 1.47 bits per heavy atom. The molecule has 0 bridgehead atoms. The van der Waals surface area contributed by atoms with Crippen molar-refractivity contribution >= 4 is 29.9 Å². The fraction of sp³-hybridized carbons (Fsp3) is 0.700. The maximum atomic E-state index is 10.4. The van der Waals surface area contributed by atoms with Gasteiger partial charge in [-0.15, -0.1) is 24.0 Å². The number of nitrogens with one attached hydrogen (secondary N) is 1. The minimum Gasteiger partial charge on any atom is -0.462 e. The van der Waals surface area contributed by atoms with Gasteiger partial charge in [-0.25, -0.2) is 4.79 Å². The summed E-state index contributed by atoms with van der Waals surface area (Å²) in [6.45, 7) is 4.60. The smallest absolute Gasteiger partial charge is 0.330 e. The predicted octanol–water partition coefficient (Wildman–Crippen LogP) is 1.12. The highest BCUT2D eigenvalue weighted by molar-refractivity contribution is 14.0. The van der Waals surface area contributed by atoms with Crippen LogP contribution in [0.1, 0.15) is 6.42 Å². The Balaban J connectivity index is -0.000000249. The Bertz CT molecular complexity index is 150. The number of rotatable bonds is 5. The molecule has 1 N–H and O–H groups in total. The number of hydrogen-bond acceptors (Lipinski definition) is 4. The summed E-state index contributed by atoms with van der Waals surface area (Å²) in [5.41, 5.74) is 0. The summed E-state index contributed by atoms with van der Waals surface area (Å²) in [4.78, 5) is 12.4. The van der Waals surface area contributed by atoms with E-state index in [0.717, 1.165) is 13.0 Å². The summed E-state index contributed by atoms with van der Waals surface area (Å²) in [5, 5.41) is 2.94. The lowest BCUT2D eigenvalue weighted by atomic mass is 10.4. The first-order valence-electron chi connectivity index (χ1n) is 4.59. The topological polar surface area (TPSA) is 41.6 Å². The lowest BCUT2D eigenvalue weighted by molar-refractivity contribution is -0.137. The van der Waals surface area contributed by atoms with E-state index < -0.39 is 0 Å². The van der Waals surface area contributed by atoms with Gasteiger partial charge in [0.15, 0.2) is 0 Å². The van der Waals surface area contributed by atoms with E-state index in [-0.39, 0.29) is 29.9 Å². The molecule has 0 aliphatic rings. The van der Waals surface area contributed by atoms with Gasteiger partial charge in [-0.2, -0.15) is 0 Å². The quantitative estimate of drug-likeness (QED) is 0.355. The third-order valence-corrected chi connectivity index (χ3v) is 0.982. The van der Waals surface area contributed by atoms with Gasteiger partial charge in [-0.3, -0.25) is 0 Å². The molecule has 0 spiro atoms. The largest absolute Gasteiger partial charge is 0.462 e. The van der Waals surface area contributed by atoms with Gasteiger partial charge in [-0.05, 0) is 41.2 Å². The Kier molecular flexibility index (Phi) is 22.0. The number of esters is 1. The molecular formula is C10H23IN2O2. The molecule has 15 heavy (non-hydrogen) atoms. The molecule has 5 heteroatoms. The summed E-state index contributed by atoms with van der Waals surface area (Å²) >= 11 is 0. The van der Waals surface area contributed by atoms with Crippen molar-refractivity contribution in [2.45, 2.75) is 6.42 Å². The van der Waals surface area contributed by atoms with Crippen LogP contribution >= 0.6 is 24.0 Å². The number of carbonyl (C=O) groups excluding carboxylic acids is 1. The van der Waals surface area contributed by atoms with Crippen LogP contribution in [0.5, 0.6) is 0 Å². The zero-order valence-electron chi connectivity index (χ0n) is 10.1. The van der Waals surface area contributed by atoms with Gasteiger partial charge in [0.1, 0.15) is 0 Å². The summed E-state index contributed by atoms with van der Waals surface area (Å²) in [5.74, 6) is -0.351. The second-order valence-electron chi connectivity index (χ2n) is 3.17. The van der Waals surface area contributed by atoms with Crippen LogP contribution in [-0.4, -0.2) is 52.2 Å². The summed E-state index contributed by atoms with van der Waals surface area (Å²) in [6, 6.07) is 0. The van der Waals surface area contributed by atoms with Crippen LogP contribution in [0.4, 0.5) is 0 Å². The van der Waals surface area contributed by atoms with Crippen LogP contribution in [0.25, 0.3) is 0 Å². The van der Waals surface area contributed by atoms with Crippen molar-refractivity contribution in [1.82, 2.24) is 10.2 Å². The zero-order chi connectivity index (χ0) is 11.4. The van der Waals surface area contributed by atoms with Gasteiger partial charge < -0.3 is 15.0 Å². The Morgan fingerprint density at radius 3 is 2.27 bits per heavy atom. The average Bonchev–Trinajstić information content (AvgIpc) is 2.11. The van der Waals surface area contributed by atoms with Gasteiger partial charge in [0.2, 0.25) is 0 Å². The third kappa shape index (κ3) is 31.6. The van der Waals surface area contributed by atoms with Crippen LogP contribution in [-0.2, 0) is 9.53 Å². The normalized spacial score (nSPS) is 8.33. The molecule has 0 radical (unpaired) electrons. The van der Waals surface area contributed by atoms with Crippen LogP contribution < -0.4 is 5.32 Å². The second kappa shape index (κ2) is 16.3. The van der Waals surface area contributed by atoms with Gasteiger partial charge >= 0.3 is 5.97 Å². The number of halogens is 1. The van der Waals surface area contributed by atoms with Crippen molar-refractivity contribution in [2.24, 2.45) is 0 Å². The monoisotopic (exact) mass is 330 g/mol. The summed E-state index contributed by atoms with van der Waals surface area (Å²) in [6.07, 6.45) is 2.01. The fourth-order valence-electron chi connectivity index (χ4n) is 0.481. The van der Waals surface area contributed by atoms with Crippen molar-refractivity contribution in [3.05, 3.63) is 12.7 Å². The maximum absolute atomic E-state index is 10.4. The van der Waals surface area contributed by atoms with E-state index in [1.807, 2.05) is 33.1 Å². The zero-order valence-corrected chi connectivity index (χ0v) is 12.4. The molecule has 0 fully saturated rings. The molecule has 4 nitrogen and oxygen atoms in total. The van der Waals surface area contributed by atoms with E-state index in [1.54, 1.807) is 0 Å². The molecule has 0 aliphatic heterocycles. The van der Waals surface area contributed by atoms with Gasteiger partial charge in [-0.1, -0.05) is 6.58 Å². The number of carbonyl (C=O) groups is 1. The number of ether oxygens (including phenoxy) is 1. The molecule has 0 heterocycles. The highest BCUT2D eigenvalue weighted by atomic mass is 127. The number of nitrogens with zero attached hydrogens (tertiary/aromatic N) is 1. The predicted molar refractivity (Wildman–Crippen MR) is 74.7 cm³/mol. The summed E-state index contributed by atoms with van der Waals surface area (Å²) < 4.78 is 4.70. The van der Waals surface area contributed by atoms with Gasteiger partial charge in [0.05, 0.1) is 6.61 Å². The van der Waals surface area contributed by atoms with E-state index >= 15 is 0 Å². The number of hydrogen-bond donors (Lipinski definition) is 1. The van der Waals surface area contributed by atoms with Crippen molar-refractivity contribution in [2.75, 3.05) is 41.3 Å². The van der Waals surface area contributed by atoms with E-state index in [4.69, 9.17) is 4.74 Å². The standard InChI is InChI=1S/C7H13NO2.C3H9N.HI/c1-3-7(9)10-6-4-5-8-2;1-4(2)3;/h3,8H,1,4-6H2,2H3;1-3H3;1H. The molecule has 0 aromatic heterocycles. The summed E-state index contributed by atoms with van der Waals surface area (Å²) in [7, 11) is 7.86. The van der Waals surface area contributed by atoms with Crippen molar-refractivity contribution < 1.29 is 9.53 Å². The van der Waals surface area contributed by atoms with Crippen LogP contribution in [0.3, 0.4) is 0 Å². The molecule has 0 aromatic carbocycles. The highest BCUT2D eigenvalue weighted by Crippen LogP contribution is 1.82. The molecule has 92 valence electrons. The Hall–Kier alpha value is -0.140. The third-order valence-electron chi connectivity index (χ3n) is 0.982. The first-order valence-corrected chi connectivity index (χ1v) is 4.59. The van der Waals surface area contributed by atoms with Gasteiger partial charge in [0.25, 0.3) is 0 Å². The van der Waals surface area contributed by atoms with Crippen molar-refractivity contribution in [3.63, 3.8) is 0 Å². The van der Waals surface area contributed by atoms with Gasteiger partial charge in [0, 0.05) is 6.08 Å². The molecule has 0 aliphatic carbocycles. The van der Waals surface area contributed by atoms with Crippen molar-refractivity contribution in [1.29, 1.82) is 0 Å². The SMILES string of the molecule is C=CC(=O)OCCCNC.CN(C)C.I. The average molecular weight is 330 g/mol. The molecule has 0 amide bonds. The first-order chi connectivity index (χ1) is 6.54. The van der Waals surface area contributed by atoms with E-state index in [9.17, 15) is 4.79 Å². The Labute approximate surface area is 110 Å². The molecular weight excluding hydrogens is 307 g/mol. The van der Waals surface area contributed by atoms with E-state index in [2.05, 4.69) is 11.9 Å². The highest BCUT2D eigenvalue weighted by Gasteiger charge is 1.92. The van der Waals surface area contributed by atoms with E-state index in [1.165, 1.54) is 6.08 Å². The van der Waals surface area contributed by atoms with E-state index in [0.29, 0.717) is 6.61 Å². The molecule has 0 saturated heterocycles. The lowest BCUT2D eigenvalue weighted by Crippen LogP contribution is -2.11.